The second-order valence-corrected chi connectivity index (χ2v) is 8.21. The Balaban J connectivity index is -0.000000623. The standard InChI is InChI=1S/C18H36O2.C2H8N2.H3O4P/c1-2-3-4-5-6-7-8-9-10-11-12-13-14-15-16-17-18(19)20;3-1-2-4;1-5(2,3)4/h2-17H2,1H3,(H,19,20);1-4H2;(H3,1,2,3,4). The lowest BCUT2D eigenvalue weighted by atomic mass is 10.0. The SMILES string of the molecule is CCCCCCCCCCCCCCCCCC(=O)O.NCCN.O=P(O)(O)O. The quantitative estimate of drug-likeness (QED) is 0.143. The Labute approximate surface area is 177 Å². The Morgan fingerprint density at radius 3 is 1.10 bits per heavy atom. The zero-order chi connectivity index (χ0) is 22.8. The summed E-state index contributed by atoms with van der Waals surface area (Å²) >= 11 is 0. The highest BCUT2D eigenvalue weighted by molar-refractivity contribution is 7.45. The Kier molecular flexibility index (Phi) is 31.4. The number of carbonyl (C=O) groups is 1. The smallest absolute Gasteiger partial charge is 0.466 e. The fraction of sp³-hybridized carbons (Fsp3) is 0.950. The van der Waals surface area contributed by atoms with Crippen molar-refractivity contribution in [3.63, 3.8) is 0 Å². The molecule has 0 rings (SSSR count). The average molecular weight is 443 g/mol. The first-order valence-corrected chi connectivity index (χ1v) is 12.7. The van der Waals surface area contributed by atoms with Crippen molar-refractivity contribution in [3.8, 4) is 0 Å². The molecule has 0 fully saturated rings. The van der Waals surface area contributed by atoms with Gasteiger partial charge in [0.2, 0.25) is 0 Å². The molecule has 9 heteroatoms. The summed E-state index contributed by atoms with van der Waals surface area (Å²) in [5.41, 5.74) is 9.81. The lowest BCUT2D eigenvalue weighted by Crippen LogP contribution is -2.11. The minimum absolute atomic E-state index is 0.345. The molecule has 0 aliphatic carbocycles. The van der Waals surface area contributed by atoms with Gasteiger partial charge in [0, 0.05) is 19.5 Å². The number of nitrogens with two attached hydrogens (primary N) is 2. The number of rotatable bonds is 17. The molecule has 0 spiro atoms. The molecule has 0 aliphatic rings. The molecule has 0 bridgehead atoms. The zero-order valence-electron chi connectivity index (χ0n) is 18.4. The van der Waals surface area contributed by atoms with Crippen LogP contribution in [-0.2, 0) is 9.36 Å². The van der Waals surface area contributed by atoms with Crippen molar-refractivity contribution < 1.29 is 29.1 Å². The Morgan fingerprint density at radius 2 is 0.897 bits per heavy atom. The monoisotopic (exact) mass is 442 g/mol. The third-order valence-electron chi connectivity index (χ3n) is 4.16. The van der Waals surface area contributed by atoms with Crippen molar-refractivity contribution in [3.05, 3.63) is 0 Å². The van der Waals surface area contributed by atoms with Gasteiger partial charge in [0.25, 0.3) is 0 Å². The topological polar surface area (TPSA) is 167 Å². The first kappa shape index (κ1) is 33.1. The van der Waals surface area contributed by atoms with E-state index >= 15 is 0 Å². The lowest BCUT2D eigenvalue weighted by Gasteiger charge is -2.03. The van der Waals surface area contributed by atoms with Crippen molar-refractivity contribution in [2.45, 2.75) is 110 Å². The van der Waals surface area contributed by atoms with Gasteiger partial charge in [-0.1, -0.05) is 96.8 Å². The minimum atomic E-state index is -4.64. The van der Waals surface area contributed by atoms with Crippen LogP contribution in [0.3, 0.4) is 0 Å². The number of aliphatic carboxylic acids is 1. The molecule has 0 aromatic rings. The van der Waals surface area contributed by atoms with Gasteiger partial charge in [-0.15, -0.1) is 0 Å². The van der Waals surface area contributed by atoms with Gasteiger partial charge in [-0.3, -0.25) is 4.79 Å². The maximum Gasteiger partial charge on any atom is 0.466 e. The van der Waals surface area contributed by atoms with E-state index in [9.17, 15) is 4.79 Å². The van der Waals surface area contributed by atoms with Gasteiger partial charge in [-0.05, 0) is 6.42 Å². The molecule has 0 saturated carbocycles. The highest BCUT2D eigenvalue weighted by Gasteiger charge is 2.00. The molecule has 0 aromatic heterocycles. The van der Waals surface area contributed by atoms with Crippen LogP contribution in [0.25, 0.3) is 0 Å². The van der Waals surface area contributed by atoms with E-state index in [0.717, 1.165) is 12.8 Å². The van der Waals surface area contributed by atoms with Crippen molar-refractivity contribution in [2.75, 3.05) is 13.1 Å². The van der Waals surface area contributed by atoms with Crippen molar-refractivity contribution in [1.82, 2.24) is 0 Å². The van der Waals surface area contributed by atoms with E-state index in [2.05, 4.69) is 6.92 Å². The molecule has 0 amide bonds. The third kappa shape index (κ3) is 58.4. The lowest BCUT2D eigenvalue weighted by molar-refractivity contribution is -0.137. The summed E-state index contributed by atoms with van der Waals surface area (Å²) in [6, 6.07) is 0. The van der Waals surface area contributed by atoms with Crippen LogP contribution >= 0.6 is 7.82 Å². The summed E-state index contributed by atoms with van der Waals surface area (Å²) in [6.45, 7) is 3.46. The predicted molar refractivity (Wildman–Crippen MR) is 120 cm³/mol. The van der Waals surface area contributed by atoms with E-state index in [-0.39, 0.29) is 0 Å². The molecule has 0 unspecified atom stereocenters. The van der Waals surface area contributed by atoms with E-state index in [1.54, 1.807) is 0 Å². The third-order valence-corrected chi connectivity index (χ3v) is 4.16. The molecular weight excluding hydrogens is 395 g/mol. The highest BCUT2D eigenvalue weighted by atomic mass is 31.2. The summed E-state index contributed by atoms with van der Waals surface area (Å²) in [6.07, 6.45) is 20.2. The maximum absolute atomic E-state index is 10.3. The highest BCUT2D eigenvalue weighted by Crippen LogP contribution is 2.25. The minimum Gasteiger partial charge on any atom is -0.481 e. The van der Waals surface area contributed by atoms with Gasteiger partial charge >= 0.3 is 13.8 Å². The Bertz CT molecular complexity index is 357. The van der Waals surface area contributed by atoms with E-state index in [1.165, 1.54) is 83.5 Å². The van der Waals surface area contributed by atoms with Crippen LogP contribution in [0.4, 0.5) is 0 Å². The molecular formula is C20H47N2O6P. The molecule has 178 valence electrons. The Morgan fingerprint density at radius 1 is 0.655 bits per heavy atom. The summed E-state index contributed by atoms with van der Waals surface area (Å²) in [7, 11) is -4.64. The number of phosphoric acid groups is 1. The van der Waals surface area contributed by atoms with Crippen LogP contribution in [0.5, 0.6) is 0 Å². The van der Waals surface area contributed by atoms with Gasteiger partial charge in [0.05, 0.1) is 0 Å². The zero-order valence-corrected chi connectivity index (χ0v) is 19.3. The number of hydrogen-bond donors (Lipinski definition) is 6. The molecule has 0 heterocycles. The molecule has 8 N–H and O–H groups in total. The van der Waals surface area contributed by atoms with Crippen LogP contribution in [0.15, 0.2) is 0 Å². The fourth-order valence-electron chi connectivity index (χ4n) is 2.65. The van der Waals surface area contributed by atoms with Crippen LogP contribution in [0, 0.1) is 0 Å². The summed E-state index contributed by atoms with van der Waals surface area (Å²) in [5.74, 6) is -0.653. The molecule has 0 aromatic carbocycles. The first-order chi connectivity index (χ1) is 13.7. The summed E-state index contributed by atoms with van der Waals surface area (Å²) in [4.78, 5) is 31.9. The number of carboxylic acid groups (broad SMARTS) is 1. The van der Waals surface area contributed by atoms with Gasteiger partial charge in [-0.2, -0.15) is 0 Å². The van der Waals surface area contributed by atoms with Gasteiger partial charge in [0.15, 0.2) is 0 Å². The molecule has 0 atom stereocenters. The fourth-order valence-corrected chi connectivity index (χ4v) is 2.65. The first-order valence-electron chi connectivity index (χ1n) is 11.1. The number of unbranched alkanes of at least 4 members (excludes halogenated alkanes) is 14. The number of hydrogen-bond acceptors (Lipinski definition) is 4. The van der Waals surface area contributed by atoms with Crippen LogP contribution in [-0.4, -0.2) is 38.8 Å². The van der Waals surface area contributed by atoms with Crippen molar-refractivity contribution >= 4 is 13.8 Å². The van der Waals surface area contributed by atoms with E-state index in [0.29, 0.717) is 19.5 Å². The van der Waals surface area contributed by atoms with Gasteiger partial charge in [-0.25, -0.2) is 4.57 Å². The van der Waals surface area contributed by atoms with Crippen LogP contribution in [0.2, 0.25) is 0 Å². The van der Waals surface area contributed by atoms with Crippen LogP contribution < -0.4 is 11.5 Å². The second kappa shape index (κ2) is 27.5. The predicted octanol–water partition coefficient (Wildman–Crippen LogP) is 4.31. The van der Waals surface area contributed by atoms with Gasteiger partial charge in [0.1, 0.15) is 0 Å². The molecule has 8 nitrogen and oxygen atoms in total. The molecule has 0 aliphatic heterocycles. The summed E-state index contributed by atoms with van der Waals surface area (Å²) < 4.78 is 8.88. The maximum atomic E-state index is 10.3. The molecule has 0 radical (unpaired) electrons. The largest absolute Gasteiger partial charge is 0.481 e. The number of carboxylic acids is 1. The molecule has 29 heavy (non-hydrogen) atoms. The van der Waals surface area contributed by atoms with Gasteiger partial charge < -0.3 is 31.3 Å². The van der Waals surface area contributed by atoms with E-state index in [4.69, 9.17) is 35.8 Å². The second-order valence-electron chi connectivity index (χ2n) is 7.18. The molecule has 0 saturated heterocycles. The normalized spacial score (nSPS) is 10.6. The van der Waals surface area contributed by atoms with Crippen LogP contribution in [0.1, 0.15) is 110 Å². The Hall–Kier alpha value is -0.500. The average Bonchev–Trinajstić information content (AvgIpc) is 2.63. The summed E-state index contributed by atoms with van der Waals surface area (Å²) in [5, 5.41) is 8.52. The van der Waals surface area contributed by atoms with E-state index < -0.39 is 13.8 Å². The van der Waals surface area contributed by atoms with Crippen molar-refractivity contribution in [2.24, 2.45) is 11.5 Å². The van der Waals surface area contributed by atoms with E-state index in [1.807, 2.05) is 0 Å². The van der Waals surface area contributed by atoms with Crippen molar-refractivity contribution in [1.29, 1.82) is 0 Å².